The van der Waals surface area contributed by atoms with Gasteiger partial charge in [0.05, 0.1) is 24.3 Å². The normalized spacial score (nSPS) is 19.3. The van der Waals surface area contributed by atoms with Crippen LogP contribution in [0.5, 0.6) is 5.75 Å². The summed E-state index contributed by atoms with van der Waals surface area (Å²) in [5, 5.41) is 2.02. The molecule has 5 amide bonds. The molecule has 10 nitrogen and oxygen atoms in total. The Morgan fingerprint density at radius 2 is 2.13 bits per heavy atom. The van der Waals surface area contributed by atoms with Crippen molar-refractivity contribution in [2.45, 2.75) is 31.9 Å². The molecule has 1 fully saturated rings. The lowest BCUT2D eigenvalue weighted by molar-refractivity contribution is -0.129. The van der Waals surface area contributed by atoms with Crippen LogP contribution >= 0.6 is 0 Å². The number of hydrogen-bond donors (Lipinski definition) is 1. The van der Waals surface area contributed by atoms with Gasteiger partial charge in [0.1, 0.15) is 24.5 Å². The molecule has 2 aliphatic heterocycles. The Morgan fingerprint density at radius 3 is 2.83 bits per heavy atom. The molecule has 0 spiro atoms. The molecule has 2 atom stereocenters. The molecule has 1 aromatic rings. The quantitative estimate of drug-likeness (QED) is 0.442. The molecule has 10 heteroatoms. The summed E-state index contributed by atoms with van der Waals surface area (Å²) in [6.45, 7) is 3.15. The summed E-state index contributed by atoms with van der Waals surface area (Å²) in [6.07, 6.45) is 1.35. The van der Waals surface area contributed by atoms with Crippen LogP contribution in [0.2, 0.25) is 0 Å². The maximum Gasteiger partial charge on any atom is 0.266 e. The molecule has 1 aromatic carbocycles. The molecule has 0 saturated carbocycles. The Kier molecular flexibility index (Phi) is 6.78. The summed E-state index contributed by atoms with van der Waals surface area (Å²) in [7, 11) is 0. The molecule has 2 unspecified atom stereocenters. The van der Waals surface area contributed by atoms with E-state index in [4.69, 9.17) is 9.47 Å². The summed E-state index contributed by atoms with van der Waals surface area (Å²) in [6, 6.07) is 3.55. The third-order valence-electron chi connectivity index (χ3n) is 5.03. The third-order valence-corrected chi connectivity index (χ3v) is 5.03. The van der Waals surface area contributed by atoms with Gasteiger partial charge in [0, 0.05) is 6.54 Å². The summed E-state index contributed by atoms with van der Waals surface area (Å²) >= 11 is 0. The van der Waals surface area contributed by atoms with Crippen LogP contribution in [0.3, 0.4) is 0 Å². The molecule has 0 radical (unpaired) electrons. The number of fused-ring (bicyclic) bond motifs is 1. The van der Waals surface area contributed by atoms with Crippen LogP contribution in [0.15, 0.2) is 18.2 Å². The van der Waals surface area contributed by atoms with Crippen molar-refractivity contribution in [3.8, 4) is 5.75 Å². The van der Waals surface area contributed by atoms with Crippen LogP contribution in [0.25, 0.3) is 0 Å². The fourth-order valence-corrected chi connectivity index (χ4v) is 3.60. The van der Waals surface area contributed by atoms with Crippen molar-refractivity contribution in [1.82, 2.24) is 15.1 Å². The zero-order valence-corrected chi connectivity index (χ0v) is 16.5. The number of carbonyl (C=O) groups excluding carboxylic acids is 5. The SMILES string of the molecule is CCCC(C(=O)NC=O)N1C(=O)c2cccc(OCC3CN(C=O)CCO3)c2C1=O. The second-order valence-corrected chi connectivity index (χ2v) is 6.99. The lowest BCUT2D eigenvalue weighted by Crippen LogP contribution is -2.49. The molecule has 0 aromatic heterocycles. The fourth-order valence-electron chi connectivity index (χ4n) is 3.60. The van der Waals surface area contributed by atoms with Crippen LogP contribution in [-0.2, 0) is 19.1 Å². The standard InChI is InChI=1S/C20H23N3O7/c1-2-4-15(18(26)21-11-24)23-19(27)14-5-3-6-16(17(14)20(23)28)30-10-13-9-22(12-25)7-8-29-13/h3,5-6,11-13,15H,2,4,7-10H2,1H3,(H,21,24,26). The number of morpholine rings is 1. The number of nitrogens with zero attached hydrogens (tertiary/aromatic N) is 2. The van der Waals surface area contributed by atoms with Gasteiger partial charge in [0.25, 0.3) is 11.8 Å². The van der Waals surface area contributed by atoms with Gasteiger partial charge in [0.2, 0.25) is 18.7 Å². The summed E-state index contributed by atoms with van der Waals surface area (Å²) in [5.74, 6) is -1.77. The van der Waals surface area contributed by atoms with Crippen LogP contribution in [0.4, 0.5) is 0 Å². The van der Waals surface area contributed by atoms with Gasteiger partial charge in [-0.2, -0.15) is 0 Å². The molecule has 0 bridgehead atoms. The highest BCUT2D eigenvalue weighted by Crippen LogP contribution is 2.33. The van der Waals surface area contributed by atoms with E-state index in [1.165, 1.54) is 6.07 Å². The predicted octanol–water partition coefficient (Wildman–Crippen LogP) is -0.0401. The highest BCUT2D eigenvalue weighted by atomic mass is 16.5. The first kappa shape index (κ1) is 21.4. The van der Waals surface area contributed by atoms with Gasteiger partial charge in [-0.05, 0) is 18.6 Å². The van der Waals surface area contributed by atoms with E-state index in [0.29, 0.717) is 26.1 Å². The van der Waals surface area contributed by atoms with E-state index < -0.39 is 23.8 Å². The fraction of sp³-hybridized carbons (Fsp3) is 0.450. The van der Waals surface area contributed by atoms with Crippen molar-refractivity contribution in [3.05, 3.63) is 29.3 Å². The zero-order valence-electron chi connectivity index (χ0n) is 16.5. The molecule has 0 aliphatic carbocycles. The van der Waals surface area contributed by atoms with Gasteiger partial charge in [-0.1, -0.05) is 19.4 Å². The first-order valence-electron chi connectivity index (χ1n) is 9.70. The van der Waals surface area contributed by atoms with E-state index in [9.17, 15) is 24.0 Å². The van der Waals surface area contributed by atoms with Gasteiger partial charge in [-0.25, -0.2) is 0 Å². The Labute approximate surface area is 173 Å². The Morgan fingerprint density at radius 1 is 1.33 bits per heavy atom. The zero-order chi connectivity index (χ0) is 21.7. The van der Waals surface area contributed by atoms with Crippen LogP contribution in [0, 0.1) is 0 Å². The van der Waals surface area contributed by atoms with Gasteiger partial charge >= 0.3 is 0 Å². The summed E-state index contributed by atoms with van der Waals surface area (Å²) in [4.78, 5) is 62.3. The largest absolute Gasteiger partial charge is 0.490 e. The topological polar surface area (TPSA) is 122 Å². The molecule has 1 N–H and O–H groups in total. The minimum Gasteiger partial charge on any atom is -0.490 e. The van der Waals surface area contributed by atoms with E-state index in [1.54, 1.807) is 24.0 Å². The molecular formula is C20H23N3O7. The maximum absolute atomic E-state index is 13.1. The van der Waals surface area contributed by atoms with E-state index in [1.807, 2.05) is 5.32 Å². The summed E-state index contributed by atoms with van der Waals surface area (Å²) in [5.41, 5.74) is 0.210. The smallest absolute Gasteiger partial charge is 0.266 e. The first-order chi connectivity index (χ1) is 14.5. The predicted molar refractivity (Wildman–Crippen MR) is 103 cm³/mol. The molecule has 2 heterocycles. The first-order valence-corrected chi connectivity index (χ1v) is 9.70. The second kappa shape index (κ2) is 9.49. The van der Waals surface area contributed by atoms with Crippen LogP contribution < -0.4 is 10.1 Å². The highest BCUT2D eigenvalue weighted by molar-refractivity contribution is 6.24. The Hall–Kier alpha value is -3.27. The molecule has 3 rings (SSSR count). The molecule has 30 heavy (non-hydrogen) atoms. The number of hydrogen-bond acceptors (Lipinski definition) is 7. The summed E-state index contributed by atoms with van der Waals surface area (Å²) < 4.78 is 11.3. The number of rotatable bonds is 9. The van der Waals surface area contributed by atoms with Crippen molar-refractivity contribution in [2.75, 3.05) is 26.3 Å². The molecule has 2 aliphatic rings. The average Bonchev–Trinajstić information content (AvgIpc) is 3.01. The number of imide groups is 2. The number of carbonyl (C=O) groups is 5. The van der Waals surface area contributed by atoms with Gasteiger partial charge < -0.3 is 14.4 Å². The van der Waals surface area contributed by atoms with Crippen LogP contribution in [-0.4, -0.2) is 78.8 Å². The van der Waals surface area contributed by atoms with Crippen molar-refractivity contribution in [1.29, 1.82) is 0 Å². The van der Waals surface area contributed by atoms with Crippen LogP contribution in [0.1, 0.15) is 40.5 Å². The van der Waals surface area contributed by atoms with Gasteiger partial charge in [0.15, 0.2) is 0 Å². The van der Waals surface area contributed by atoms with Crippen molar-refractivity contribution < 1.29 is 33.4 Å². The third kappa shape index (κ3) is 4.18. The lowest BCUT2D eigenvalue weighted by atomic mass is 10.1. The van der Waals surface area contributed by atoms with E-state index >= 15 is 0 Å². The number of ether oxygens (including phenoxy) is 2. The van der Waals surface area contributed by atoms with E-state index in [2.05, 4.69) is 0 Å². The maximum atomic E-state index is 13.1. The van der Waals surface area contributed by atoms with Gasteiger partial charge in [-0.3, -0.25) is 34.2 Å². The van der Waals surface area contributed by atoms with Crippen molar-refractivity contribution >= 4 is 30.5 Å². The minimum absolute atomic E-state index is 0.0746. The lowest BCUT2D eigenvalue weighted by Gasteiger charge is -2.30. The van der Waals surface area contributed by atoms with E-state index in [-0.39, 0.29) is 42.4 Å². The average molecular weight is 417 g/mol. The Balaban J connectivity index is 1.81. The second-order valence-electron chi connectivity index (χ2n) is 6.99. The van der Waals surface area contributed by atoms with Crippen molar-refractivity contribution in [2.24, 2.45) is 0 Å². The van der Waals surface area contributed by atoms with Gasteiger partial charge in [-0.15, -0.1) is 0 Å². The molecular weight excluding hydrogens is 394 g/mol. The van der Waals surface area contributed by atoms with Crippen molar-refractivity contribution in [3.63, 3.8) is 0 Å². The number of nitrogens with one attached hydrogen (secondary N) is 1. The highest BCUT2D eigenvalue weighted by Gasteiger charge is 2.44. The molecule has 1 saturated heterocycles. The Bertz CT molecular complexity index is 857. The number of benzene rings is 1. The van der Waals surface area contributed by atoms with E-state index in [0.717, 1.165) is 11.3 Å². The number of amides is 5. The molecule has 160 valence electrons. The minimum atomic E-state index is -1.09. The monoisotopic (exact) mass is 417 g/mol.